The molecule has 2 atom stereocenters. The molecule has 3 fully saturated rings. The van der Waals surface area contributed by atoms with Crippen LogP contribution in [0.15, 0.2) is 42.7 Å². The van der Waals surface area contributed by atoms with Gasteiger partial charge in [-0.3, -0.25) is 14.6 Å². The van der Waals surface area contributed by atoms with E-state index in [0.29, 0.717) is 6.54 Å². The lowest BCUT2D eigenvalue weighted by Gasteiger charge is -2.47. The second kappa shape index (κ2) is 10.7. The van der Waals surface area contributed by atoms with E-state index < -0.39 is 0 Å². The van der Waals surface area contributed by atoms with Gasteiger partial charge in [0.1, 0.15) is 0 Å². The first-order chi connectivity index (χ1) is 17.1. The number of aryl methyl sites for hydroxylation is 1. The fraction of sp³-hybridized carbons (Fsp3) is 0.556. The van der Waals surface area contributed by atoms with E-state index in [4.69, 9.17) is 0 Å². The molecule has 3 aliphatic rings. The summed E-state index contributed by atoms with van der Waals surface area (Å²) in [6.07, 6.45) is 8.37. The first-order valence-electron chi connectivity index (χ1n) is 13.1. The van der Waals surface area contributed by atoms with Gasteiger partial charge in [0.2, 0.25) is 11.9 Å². The topological polar surface area (TPSA) is 72.9 Å². The van der Waals surface area contributed by atoms with Gasteiger partial charge in [0, 0.05) is 57.7 Å². The highest BCUT2D eigenvalue weighted by Crippen LogP contribution is 2.37. The number of aromatic nitrogens is 2. The molecule has 8 nitrogen and oxygen atoms in total. The Labute approximate surface area is 207 Å². The molecule has 1 aromatic heterocycles. The van der Waals surface area contributed by atoms with Gasteiger partial charge in [0.25, 0.3) is 0 Å². The Bertz CT molecular complexity index is 1020. The van der Waals surface area contributed by atoms with Gasteiger partial charge in [0.15, 0.2) is 0 Å². The third-order valence-electron chi connectivity index (χ3n) is 7.78. The molecular formula is C27H36N6O2. The van der Waals surface area contributed by atoms with Crippen LogP contribution in [0.3, 0.4) is 0 Å². The summed E-state index contributed by atoms with van der Waals surface area (Å²) in [6.45, 7) is 8.10. The summed E-state index contributed by atoms with van der Waals surface area (Å²) < 4.78 is 0. The standard InChI is InChI=1S/C27H36N6O2/c1-21-9-2-3-10-22(21)24-23-11-4-5-15-32(23)27(35)33(25(24)34)16-7-6-14-30-17-19-31(20-18-30)26-28-12-8-13-29-26/h2-3,8-10,12-13,23-24H,4-7,11,14-20H2,1H3/t23-,24-/m1/s1. The van der Waals surface area contributed by atoms with E-state index in [9.17, 15) is 9.59 Å². The zero-order valence-electron chi connectivity index (χ0n) is 20.7. The van der Waals surface area contributed by atoms with Crippen molar-refractivity contribution in [2.45, 2.75) is 51.0 Å². The third kappa shape index (κ3) is 5.03. The van der Waals surface area contributed by atoms with Crippen molar-refractivity contribution in [3.8, 4) is 0 Å². The lowest BCUT2D eigenvalue weighted by molar-refractivity contribution is -0.135. The second-order valence-corrected chi connectivity index (χ2v) is 9.95. The lowest BCUT2D eigenvalue weighted by Crippen LogP contribution is -2.62. The van der Waals surface area contributed by atoms with Gasteiger partial charge in [-0.2, -0.15) is 0 Å². The molecule has 0 spiro atoms. The monoisotopic (exact) mass is 476 g/mol. The van der Waals surface area contributed by atoms with Gasteiger partial charge in [-0.05, 0) is 62.8 Å². The minimum atomic E-state index is -0.248. The molecule has 0 aliphatic carbocycles. The number of nitrogens with zero attached hydrogens (tertiary/aromatic N) is 6. The van der Waals surface area contributed by atoms with Crippen molar-refractivity contribution in [3.63, 3.8) is 0 Å². The van der Waals surface area contributed by atoms with Crippen LogP contribution in [0.5, 0.6) is 0 Å². The number of piperidine rings is 1. The SMILES string of the molecule is Cc1ccccc1[C@H]1C(=O)N(CCCCN2CCN(c3ncccn3)CC2)C(=O)N2CCCC[C@H]12. The minimum absolute atomic E-state index is 0.00834. The van der Waals surface area contributed by atoms with Crippen molar-refractivity contribution < 1.29 is 9.59 Å². The van der Waals surface area contributed by atoms with E-state index in [1.165, 1.54) is 0 Å². The number of benzene rings is 1. The maximum atomic E-state index is 13.7. The smallest absolute Gasteiger partial charge is 0.326 e. The fourth-order valence-corrected chi connectivity index (χ4v) is 5.84. The van der Waals surface area contributed by atoms with Crippen LogP contribution in [-0.2, 0) is 4.79 Å². The highest BCUT2D eigenvalue weighted by atomic mass is 16.2. The maximum Gasteiger partial charge on any atom is 0.326 e. The van der Waals surface area contributed by atoms with Crippen LogP contribution in [0.1, 0.15) is 49.1 Å². The zero-order valence-corrected chi connectivity index (χ0v) is 20.7. The molecule has 8 heteroatoms. The van der Waals surface area contributed by atoms with Crippen molar-refractivity contribution >= 4 is 17.9 Å². The van der Waals surface area contributed by atoms with Gasteiger partial charge in [-0.25, -0.2) is 14.8 Å². The minimum Gasteiger partial charge on any atom is -0.338 e. The number of hydrogen-bond acceptors (Lipinski definition) is 6. The van der Waals surface area contributed by atoms with Gasteiger partial charge in [-0.1, -0.05) is 24.3 Å². The summed E-state index contributed by atoms with van der Waals surface area (Å²) in [6, 6.07) is 9.91. The van der Waals surface area contributed by atoms with E-state index in [1.54, 1.807) is 17.3 Å². The normalized spacial score (nSPS) is 23.5. The Balaban J connectivity index is 1.16. The Morgan fingerprint density at radius 2 is 1.63 bits per heavy atom. The summed E-state index contributed by atoms with van der Waals surface area (Å²) in [4.78, 5) is 43.9. The van der Waals surface area contributed by atoms with Gasteiger partial charge >= 0.3 is 6.03 Å². The van der Waals surface area contributed by atoms with Crippen LogP contribution in [-0.4, -0.2) is 88.5 Å². The van der Waals surface area contributed by atoms with E-state index in [2.05, 4.69) is 38.8 Å². The van der Waals surface area contributed by atoms with Crippen molar-refractivity contribution in [1.82, 2.24) is 24.7 Å². The highest BCUT2D eigenvalue weighted by molar-refractivity contribution is 6.01. The number of urea groups is 1. The number of rotatable bonds is 7. The van der Waals surface area contributed by atoms with E-state index in [0.717, 1.165) is 88.4 Å². The van der Waals surface area contributed by atoms with Crippen LogP contribution in [0.25, 0.3) is 0 Å². The molecule has 3 saturated heterocycles. The van der Waals surface area contributed by atoms with E-state index in [1.807, 2.05) is 23.1 Å². The van der Waals surface area contributed by atoms with Crippen LogP contribution < -0.4 is 4.90 Å². The zero-order chi connectivity index (χ0) is 24.2. The largest absolute Gasteiger partial charge is 0.338 e. The number of piperazine rings is 1. The summed E-state index contributed by atoms with van der Waals surface area (Å²) >= 11 is 0. The number of anilines is 1. The van der Waals surface area contributed by atoms with Gasteiger partial charge in [0.05, 0.1) is 5.92 Å². The van der Waals surface area contributed by atoms with Crippen molar-refractivity contribution in [2.75, 3.05) is 50.7 Å². The molecule has 4 heterocycles. The number of fused-ring (bicyclic) bond motifs is 1. The molecule has 1 aromatic carbocycles. The van der Waals surface area contributed by atoms with Gasteiger partial charge < -0.3 is 9.80 Å². The van der Waals surface area contributed by atoms with Gasteiger partial charge in [-0.15, -0.1) is 0 Å². The van der Waals surface area contributed by atoms with Crippen molar-refractivity contribution in [2.24, 2.45) is 0 Å². The molecule has 0 radical (unpaired) electrons. The van der Waals surface area contributed by atoms with Crippen molar-refractivity contribution in [3.05, 3.63) is 53.9 Å². The van der Waals surface area contributed by atoms with E-state index in [-0.39, 0.29) is 23.9 Å². The molecule has 2 aromatic rings. The Hall–Kier alpha value is -3.00. The second-order valence-electron chi connectivity index (χ2n) is 9.95. The Kier molecular flexibility index (Phi) is 7.27. The molecule has 3 amide bonds. The molecule has 0 N–H and O–H groups in total. The molecule has 3 aliphatic heterocycles. The predicted molar refractivity (Wildman–Crippen MR) is 135 cm³/mol. The highest BCUT2D eigenvalue weighted by Gasteiger charge is 2.47. The Morgan fingerprint density at radius 3 is 2.40 bits per heavy atom. The van der Waals surface area contributed by atoms with Crippen molar-refractivity contribution in [1.29, 1.82) is 0 Å². The third-order valence-corrected chi connectivity index (χ3v) is 7.78. The predicted octanol–water partition coefficient (Wildman–Crippen LogP) is 3.29. The number of hydrogen-bond donors (Lipinski definition) is 0. The molecule has 5 rings (SSSR count). The molecule has 0 saturated carbocycles. The summed E-state index contributed by atoms with van der Waals surface area (Å²) in [7, 11) is 0. The quantitative estimate of drug-likeness (QED) is 0.571. The summed E-state index contributed by atoms with van der Waals surface area (Å²) in [5.41, 5.74) is 2.21. The lowest BCUT2D eigenvalue weighted by atomic mass is 9.81. The van der Waals surface area contributed by atoms with Crippen LogP contribution in [0.4, 0.5) is 10.7 Å². The number of carbonyl (C=O) groups is 2. The van der Waals surface area contributed by atoms with Crippen LogP contribution >= 0.6 is 0 Å². The molecule has 0 unspecified atom stereocenters. The summed E-state index contributed by atoms with van der Waals surface area (Å²) in [5.74, 6) is 0.542. The van der Waals surface area contributed by atoms with Crippen LogP contribution in [0, 0.1) is 6.92 Å². The maximum absolute atomic E-state index is 13.7. The van der Waals surface area contributed by atoms with Crippen LogP contribution in [0.2, 0.25) is 0 Å². The average Bonchev–Trinajstić information content (AvgIpc) is 2.90. The van der Waals surface area contributed by atoms with E-state index >= 15 is 0 Å². The molecule has 0 bridgehead atoms. The summed E-state index contributed by atoms with van der Waals surface area (Å²) in [5, 5.41) is 0. The first kappa shape index (κ1) is 23.7. The number of carbonyl (C=O) groups excluding carboxylic acids is 2. The molecule has 35 heavy (non-hydrogen) atoms. The number of amides is 3. The fourth-order valence-electron chi connectivity index (χ4n) is 5.84. The molecule has 186 valence electrons. The first-order valence-corrected chi connectivity index (χ1v) is 13.1. The average molecular weight is 477 g/mol. The Morgan fingerprint density at radius 1 is 0.886 bits per heavy atom. The number of imide groups is 1. The molecular weight excluding hydrogens is 440 g/mol. The number of unbranched alkanes of at least 4 members (excludes halogenated alkanes) is 1.